The van der Waals surface area contributed by atoms with Gasteiger partial charge in [-0.05, 0) is 53.8 Å². The van der Waals surface area contributed by atoms with Gasteiger partial charge in [-0.2, -0.15) is 0 Å². The number of amides is 1. The van der Waals surface area contributed by atoms with Crippen LogP contribution in [0.5, 0.6) is 0 Å². The molecule has 4 aromatic rings. The van der Waals surface area contributed by atoms with Crippen molar-refractivity contribution in [3.8, 4) is 0 Å². The lowest BCUT2D eigenvalue weighted by atomic mass is 9.99. The third-order valence-corrected chi connectivity index (χ3v) is 8.68. The van der Waals surface area contributed by atoms with Crippen molar-refractivity contribution in [3.05, 3.63) is 115 Å². The zero-order valence-corrected chi connectivity index (χ0v) is 22.9. The summed E-state index contributed by atoms with van der Waals surface area (Å²) < 4.78 is 1.98. The van der Waals surface area contributed by atoms with Gasteiger partial charge in [0.15, 0.2) is 0 Å². The number of aromatic nitrogens is 2. The van der Waals surface area contributed by atoms with Crippen molar-refractivity contribution in [3.63, 3.8) is 0 Å². The maximum absolute atomic E-state index is 13.9. The first-order valence-electron chi connectivity index (χ1n) is 12.2. The van der Waals surface area contributed by atoms with E-state index >= 15 is 0 Å². The van der Waals surface area contributed by atoms with Crippen LogP contribution in [0.1, 0.15) is 27.8 Å². The molecule has 0 atom stereocenters. The molecular formula is C29H23ClN4O2S2. The number of hydrogen-bond acceptors (Lipinski definition) is 6. The molecule has 0 unspecified atom stereocenters. The number of aryl methyl sites for hydroxylation is 1. The number of thioether (sulfide) groups is 1. The van der Waals surface area contributed by atoms with E-state index in [1.807, 2.05) is 43.3 Å². The van der Waals surface area contributed by atoms with Gasteiger partial charge in [0.05, 0.1) is 17.0 Å². The van der Waals surface area contributed by atoms with Crippen molar-refractivity contribution in [2.75, 3.05) is 11.4 Å². The third-order valence-electron chi connectivity index (χ3n) is 6.93. The Balaban J connectivity index is 1.44. The summed E-state index contributed by atoms with van der Waals surface area (Å²) in [6.45, 7) is 3.57. The quantitative estimate of drug-likeness (QED) is 0.239. The Morgan fingerprint density at radius 2 is 1.82 bits per heavy atom. The zero-order valence-electron chi connectivity index (χ0n) is 20.6. The molecule has 1 amide bonds. The van der Waals surface area contributed by atoms with E-state index in [1.165, 1.54) is 27.8 Å². The van der Waals surface area contributed by atoms with Crippen LogP contribution in [-0.2, 0) is 24.3 Å². The van der Waals surface area contributed by atoms with Crippen LogP contribution in [0.3, 0.4) is 0 Å². The van der Waals surface area contributed by atoms with Gasteiger partial charge in [-0.1, -0.05) is 84.1 Å². The summed E-state index contributed by atoms with van der Waals surface area (Å²) in [7, 11) is 0. The molecule has 1 saturated heterocycles. The number of pyridine rings is 1. The van der Waals surface area contributed by atoms with Crippen LogP contribution >= 0.6 is 35.6 Å². The van der Waals surface area contributed by atoms with E-state index in [1.54, 1.807) is 22.7 Å². The molecule has 0 radical (unpaired) electrons. The summed E-state index contributed by atoms with van der Waals surface area (Å²) in [6, 6.07) is 19.5. The van der Waals surface area contributed by atoms with Crippen molar-refractivity contribution in [2.24, 2.45) is 0 Å². The number of benzene rings is 2. The molecule has 190 valence electrons. The van der Waals surface area contributed by atoms with Gasteiger partial charge in [0.2, 0.25) is 0 Å². The van der Waals surface area contributed by atoms with Crippen LogP contribution in [0, 0.1) is 6.92 Å². The summed E-state index contributed by atoms with van der Waals surface area (Å²) in [6.07, 6.45) is 4.23. The molecule has 0 spiro atoms. The maximum Gasteiger partial charge on any atom is 0.267 e. The molecule has 1 fully saturated rings. The highest BCUT2D eigenvalue weighted by molar-refractivity contribution is 8.26. The van der Waals surface area contributed by atoms with E-state index in [0.717, 1.165) is 24.1 Å². The topological polar surface area (TPSA) is 57.9 Å². The number of fused-ring (bicyclic) bond motifs is 2. The number of halogens is 1. The second-order valence-electron chi connectivity index (χ2n) is 9.34. The minimum atomic E-state index is -0.247. The average molecular weight is 559 g/mol. The van der Waals surface area contributed by atoms with E-state index in [9.17, 15) is 9.59 Å². The van der Waals surface area contributed by atoms with E-state index in [2.05, 4.69) is 23.1 Å². The number of thiocarbonyl (C=S) groups is 1. The number of carbonyl (C=O) groups excluding carboxylic acids is 1. The van der Waals surface area contributed by atoms with Crippen LogP contribution in [-0.4, -0.2) is 31.1 Å². The highest BCUT2D eigenvalue weighted by Gasteiger charge is 2.33. The number of hydrogen-bond donors (Lipinski definition) is 0. The second-order valence-corrected chi connectivity index (χ2v) is 11.4. The first-order valence-corrected chi connectivity index (χ1v) is 13.8. The molecule has 6 nitrogen and oxygen atoms in total. The van der Waals surface area contributed by atoms with E-state index < -0.39 is 0 Å². The lowest BCUT2D eigenvalue weighted by Gasteiger charge is -2.31. The fourth-order valence-electron chi connectivity index (χ4n) is 4.91. The third kappa shape index (κ3) is 4.42. The first-order chi connectivity index (χ1) is 18.4. The minimum Gasteiger partial charge on any atom is -0.351 e. The van der Waals surface area contributed by atoms with E-state index in [4.69, 9.17) is 28.8 Å². The van der Waals surface area contributed by atoms with Crippen LogP contribution < -0.4 is 10.5 Å². The van der Waals surface area contributed by atoms with Crippen LogP contribution in [0.25, 0.3) is 11.7 Å². The lowest BCUT2D eigenvalue weighted by molar-refractivity contribution is -0.122. The Kier molecular flexibility index (Phi) is 6.55. The summed E-state index contributed by atoms with van der Waals surface area (Å²) >= 11 is 13.1. The molecule has 0 aliphatic carbocycles. The SMILES string of the molecule is Cc1cccn2c(=O)c(C=C3SC(=S)N(Cc4ccccc4Cl)C3=O)c(N3CCc4ccccc4C3)nc12. The summed E-state index contributed by atoms with van der Waals surface area (Å²) in [5.74, 6) is 0.332. The smallest absolute Gasteiger partial charge is 0.267 e. The van der Waals surface area contributed by atoms with Crippen molar-refractivity contribution < 1.29 is 4.79 Å². The van der Waals surface area contributed by atoms with Gasteiger partial charge in [0, 0.05) is 24.3 Å². The van der Waals surface area contributed by atoms with Crippen molar-refractivity contribution in [1.82, 2.24) is 14.3 Å². The lowest BCUT2D eigenvalue weighted by Crippen LogP contribution is -2.34. The molecule has 6 rings (SSSR count). The number of nitrogens with zero attached hydrogens (tertiary/aromatic N) is 4. The van der Waals surface area contributed by atoms with Crippen LogP contribution in [0.2, 0.25) is 5.02 Å². The fraction of sp³-hybridized carbons (Fsp3) is 0.172. The Morgan fingerprint density at radius 3 is 2.63 bits per heavy atom. The number of carbonyl (C=O) groups is 1. The molecule has 4 heterocycles. The highest BCUT2D eigenvalue weighted by atomic mass is 35.5. The number of rotatable bonds is 4. The predicted molar refractivity (Wildman–Crippen MR) is 158 cm³/mol. The molecule has 2 aliphatic rings. The van der Waals surface area contributed by atoms with Crippen LogP contribution in [0.4, 0.5) is 5.82 Å². The van der Waals surface area contributed by atoms with Gasteiger partial charge < -0.3 is 4.90 Å². The van der Waals surface area contributed by atoms with Crippen molar-refractivity contribution in [1.29, 1.82) is 0 Å². The minimum absolute atomic E-state index is 0.219. The standard InChI is InChI=1S/C29H23ClN4O2S2/c1-18-7-6-13-33-25(18)31-26(32-14-12-19-8-2-3-9-20(19)16-32)22(27(33)35)15-24-28(36)34(29(37)38-24)17-21-10-4-5-11-23(21)30/h2-11,13,15H,12,14,16-17H2,1H3. The molecule has 2 aromatic heterocycles. The molecular weight excluding hydrogens is 536 g/mol. The molecule has 0 bridgehead atoms. The molecule has 0 saturated carbocycles. The summed E-state index contributed by atoms with van der Waals surface area (Å²) in [4.78, 5) is 36.4. The Bertz CT molecular complexity index is 1710. The zero-order chi connectivity index (χ0) is 26.4. The average Bonchev–Trinajstić information content (AvgIpc) is 3.18. The number of anilines is 1. The van der Waals surface area contributed by atoms with Gasteiger partial charge in [-0.15, -0.1) is 0 Å². The van der Waals surface area contributed by atoms with Gasteiger partial charge >= 0.3 is 0 Å². The normalized spacial score (nSPS) is 16.5. The van der Waals surface area contributed by atoms with Crippen molar-refractivity contribution in [2.45, 2.75) is 26.4 Å². The van der Waals surface area contributed by atoms with Gasteiger partial charge in [0.25, 0.3) is 11.5 Å². The Labute approximate surface area is 234 Å². The molecule has 0 N–H and O–H groups in total. The largest absolute Gasteiger partial charge is 0.351 e. The molecule has 2 aromatic carbocycles. The summed E-state index contributed by atoms with van der Waals surface area (Å²) in [5, 5.41) is 0.575. The maximum atomic E-state index is 13.9. The van der Waals surface area contributed by atoms with Crippen molar-refractivity contribution >= 4 is 63.3 Å². The second kappa shape index (κ2) is 10.0. The van der Waals surface area contributed by atoms with Gasteiger partial charge in [-0.3, -0.25) is 18.9 Å². The van der Waals surface area contributed by atoms with Crippen LogP contribution in [0.15, 0.2) is 76.6 Å². The first kappa shape index (κ1) is 24.9. The van der Waals surface area contributed by atoms with E-state index in [-0.39, 0.29) is 18.0 Å². The molecule has 38 heavy (non-hydrogen) atoms. The monoisotopic (exact) mass is 558 g/mol. The molecule has 2 aliphatic heterocycles. The Hall–Kier alpha value is -3.46. The Morgan fingerprint density at radius 1 is 1.05 bits per heavy atom. The molecule has 9 heteroatoms. The highest BCUT2D eigenvalue weighted by Crippen LogP contribution is 2.36. The summed E-state index contributed by atoms with van der Waals surface area (Å²) in [5.41, 5.74) is 4.99. The van der Waals surface area contributed by atoms with E-state index in [0.29, 0.717) is 37.8 Å². The fourth-order valence-corrected chi connectivity index (χ4v) is 6.34. The predicted octanol–water partition coefficient (Wildman–Crippen LogP) is 5.62. The van der Waals surface area contributed by atoms with Gasteiger partial charge in [0.1, 0.15) is 15.8 Å². The van der Waals surface area contributed by atoms with Gasteiger partial charge in [-0.25, -0.2) is 4.98 Å².